The Morgan fingerprint density at radius 2 is 1.87 bits per heavy atom. The van der Waals surface area contributed by atoms with Crippen molar-refractivity contribution in [1.29, 1.82) is 0 Å². The number of hydrogen-bond acceptors (Lipinski definition) is 5. The van der Waals surface area contributed by atoms with E-state index in [0.717, 1.165) is 0 Å². The van der Waals surface area contributed by atoms with E-state index in [4.69, 9.17) is 9.84 Å². The molecule has 0 bridgehead atoms. The molecule has 134 valence electrons. The summed E-state index contributed by atoms with van der Waals surface area (Å²) in [4.78, 5) is 24.1. The second-order valence-corrected chi connectivity index (χ2v) is 7.57. The van der Waals surface area contributed by atoms with Crippen LogP contribution in [0.3, 0.4) is 0 Å². The van der Waals surface area contributed by atoms with Crippen LogP contribution < -0.4 is 5.32 Å². The number of ether oxygens (including phenoxy) is 1. The zero-order valence-electron chi connectivity index (χ0n) is 13.2. The molecule has 10 heteroatoms. The molecule has 0 radical (unpaired) electrons. The van der Waals surface area contributed by atoms with Crippen LogP contribution in [0.25, 0.3) is 0 Å². The van der Waals surface area contributed by atoms with Gasteiger partial charge in [0, 0.05) is 25.4 Å². The van der Waals surface area contributed by atoms with Crippen LogP contribution in [0, 0.1) is 0 Å². The summed E-state index contributed by atoms with van der Waals surface area (Å²) < 4.78 is 41.4. The normalized spacial score (nSPS) is 17.6. The molecule has 0 aliphatic carbocycles. The Balaban J connectivity index is 2.50. The van der Waals surface area contributed by atoms with Gasteiger partial charge in [-0.3, -0.25) is 4.79 Å². The monoisotopic (exact) mass is 358 g/mol. The first-order valence-corrected chi connectivity index (χ1v) is 7.96. The van der Waals surface area contributed by atoms with Crippen molar-refractivity contribution in [1.82, 2.24) is 10.2 Å². The molecular weight excluding hydrogens is 337 g/mol. The summed E-state index contributed by atoms with van der Waals surface area (Å²) in [6.45, 7) is 5.31. The van der Waals surface area contributed by atoms with E-state index < -0.39 is 28.7 Å². The molecule has 1 amide bonds. The number of nitrogens with one attached hydrogen (secondary N) is 1. The molecule has 0 atom stereocenters. The third-order valence-corrected chi connectivity index (χ3v) is 3.73. The summed E-state index contributed by atoms with van der Waals surface area (Å²) >= 11 is -0.172. The lowest BCUT2D eigenvalue weighted by atomic mass is 9.86. The van der Waals surface area contributed by atoms with Gasteiger partial charge in [0.05, 0.1) is 12.0 Å². The molecule has 0 unspecified atom stereocenters. The maximum atomic E-state index is 12.1. The van der Waals surface area contributed by atoms with Crippen molar-refractivity contribution < 1.29 is 32.6 Å². The smallest absolute Gasteiger partial charge is 0.441 e. The van der Waals surface area contributed by atoms with Crippen LogP contribution in [0.2, 0.25) is 0 Å². The largest absolute Gasteiger partial charge is 0.481 e. The topological polar surface area (TPSA) is 78.9 Å². The summed E-state index contributed by atoms with van der Waals surface area (Å²) in [6, 6.07) is 0. The lowest BCUT2D eigenvalue weighted by molar-refractivity contribution is -0.141. The van der Waals surface area contributed by atoms with Gasteiger partial charge in [-0.25, -0.2) is 4.79 Å². The lowest BCUT2D eigenvalue weighted by Crippen LogP contribution is -2.71. The molecule has 0 aromatic rings. The Hall–Kier alpha value is -1.16. The predicted octanol–water partition coefficient (Wildman–Crippen LogP) is 2.29. The molecule has 1 heterocycles. The third-order valence-electron chi connectivity index (χ3n) is 3.00. The number of nitrogens with zero attached hydrogens (tertiary/aromatic N) is 1. The van der Waals surface area contributed by atoms with E-state index in [9.17, 15) is 22.8 Å². The number of alkyl halides is 3. The van der Waals surface area contributed by atoms with Gasteiger partial charge in [0.1, 0.15) is 5.60 Å². The molecule has 1 saturated heterocycles. The highest BCUT2D eigenvalue weighted by Gasteiger charge is 2.47. The summed E-state index contributed by atoms with van der Waals surface area (Å²) in [5.74, 6) is -1.30. The van der Waals surface area contributed by atoms with Gasteiger partial charge < -0.3 is 20.1 Å². The molecule has 0 aromatic carbocycles. The van der Waals surface area contributed by atoms with Crippen molar-refractivity contribution in [3.63, 3.8) is 0 Å². The van der Waals surface area contributed by atoms with E-state index in [-0.39, 0.29) is 43.6 Å². The van der Waals surface area contributed by atoms with Crippen molar-refractivity contribution in [2.24, 2.45) is 0 Å². The second-order valence-electron chi connectivity index (χ2n) is 6.41. The summed E-state index contributed by atoms with van der Waals surface area (Å²) in [6.07, 6.45) is -0.840. The van der Waals surface area contributed by atoms with Gasteiger partial charge in [-0.1, -0.05) is 0 Å². The Kier molecular flexibility index (Phi) is 6.19. The lowest BCUT2D eigenvalue weighted by Gasteiger charge is -2.49. The van der Waals surface area contributed by atoms with E-state index >= 15 is 0 Å². The predicted molar refractivity (Wildman–Crippen MR) is 79.3 cm³/mol. The number of halogens is 3. The van der Waals surface area contributed by atoms with E-state index in [1.807, 2.05) is 0 Å². The molecule has 1 aliphatic heterocycles. The molecule has 0 aromatic heterocycles. The molecule has 23 heavy (non-hydrogen) atoms. The van der Waals surface area contributed by atoms with Crippen LogP contribution in [0.15, 0.2) is 0 Å². The molecule has 0 saturated carbocycles. The minimum Gasteiger partial charge on any atom is -0.481 e. The fourth-order valence-corrected chi connectivity index (χ4v) is 2.63. The zero-order valence-corrected chi connectivity index (χ0v) is 14.0. The van der Waals surface area contributed by atoms with Crippen LogP contribution in [0.1, 0.15) is 27.2 Å². The first-order valence-electron chi connectivity index (χ1n) is 6.97. The minimum atomic E-state index is -4.32. The first-order chi connectivity index (χ1) is 10.3. The molecule has 2 N–H and O–H groups in total. The average molecular weight is 358 g/mol. The van der Waals surface area contributed by atoms with Crippen molar-refractivity contribution >= 4 is 23.8 Å². The highest BCUT2D eigenvalue weighted by Crippen LogP contribution is 2.30. The third kappa shape index (κ3) is 7.30. The zero-order chi connectivity index (χ0) is 17.9. The van der Waals surface area contributed by atoms with Gasteiger partial charge in [-0.2, -0.15) is 13.2 Å². The van der Waals surface area contributed by atoms with Crippen LogP contribution >= 0.6 is 11.8 Å². The summed E-state index contributed by atoms with van der Waals surface area (Å²) in [5, 5.41) is 11.8. The highest BCUT2D eigenvalue weighted by molar-refractivity contribution is 8.00. The van der Waals surface area contributed by atoms with Crippen molar-refractivity contribution in [2.75, 3.05) is 25.4 Å². The molecule has 1 aliphatic rings. The van der Waals surface area contributed by atoms with Gasteiger partial charge in [0.2, 0.25) is 0 Å². The SMILES string of the molecule is CC(C)(C)OC(=O)N1CC(CC(=O)O)(NCCSC(F)(F)F)C1. The van der Waals surface area contributed by atoms with Gasteiger partial charge >= 0.3 is 17.6 Å². The number of thioether (sulfide) groups is 1. The number of rotatable bonds is 6. The Morgan fingerprint density at radius 3 is 2.30 bits per heavy atom. The molecule has 6 nitrogen and oxygen atoms in total. The average Bonchev–Trinajstić information content (AvgIpc) is 2.25. The maximum absolute atomic E-state index is 12.1. The fourth-order valence-electron chi connectivity index (χ4n) is 2.20. The Labute approximate surface area is 136 Å². The standard InChI is InChI=1S/C13H21F3N2O4S/c1-11(2,3)22-10(21)18-7-12(8-18,6-9(19)20)17-4-5-23-13(14,15)16/h17H,4-8H2,1-3H3,(H,19,20). The van der Waals surface area contributed by atoms with E-state index in [1.165, 1.54) is 4.90 Å². The van der Waals surface area contributed by atoms with E-state index in [0.29, 0.717) is 0 Å². The second kappa shape index (κ2) is 7.16. The van der Waals surface area contributed by atoms with Crippen LogP contribution in [-0.2, 0) is 9.53 Å². The summed E-state index contributed by atoms with van der Waals surface area (Å²) in [5.41, 5.74) is -5.89. The van der Waals surface area contributed by atoms with Gasteiger partial charge in [-0.05, 0) is 32.5 Å². The number of carbonyl (C=O) groups is 2. The van der Waals surface area contributed by atoms with Gasteiger partial charge in [0.25, 0.3) is 0 Å². The highest BCUT2D eigenvalue weighted by atomic mass is 32.2. The van der Waals surface area contributed by atoms with Crippen LogP contribution in [0.5, 0.6) is 0 Å². The molecule has 0 spiro atoms. The van der Waals surface area contributed by atoms with E-state index in [2.05, 4.69) is 5.32 Å². The Bertz CT molecular complexity index is 445. The number of carboxylic acids is 1. The van der Waals surface area contributed by atoms with Crippen LogP contribution in [0.4, 0.5) is 18.0 Å². The minimum absolute atomic E-state index is 0.000382. The number of carboxylic acid groups (broad SMARTS) is 1. The number of hydrogen-bond donors (Lipinski definition) is 2. The summed E-state index contributed by atoms with van der Waals surface area (Å²) in [7, 11) is 0. The maximum Gasteiger partial charge on any atom is 0.441 e. The number of carbonyl (C=O) groups excluding carboxylic acids is 1. The van der Waals surface area contributed by atoms with Crippen molar-refractivity contribution in [2.45, 2.75) is 43.8 Å². The first kappa shape index (κ1) is 19.9. The van der Waals surface area contributed by atoms with Gasteiger partial charge in [0.15, 0.2) is 0 Å². The van der Waals surface area contributed by atoms with Crippen molar-refractivity contribution in [3.05, 3.63) is 0 Å². The number of likely N-dealkylation sites (tertiary alicyclic amines) is 1. The number of amides is 1. The number of aliphatic carboxylic acids is 1. The fraction of sp³-hybridized carbons (Fsp3) is 0.846. The Morgan fingerprint density at radius 1 is 1.30 bits per heavy atom. The van der Waals surface area contributed by atoms with Crippen LogP contribution in [-0.4, -0.2) is 64.1 Å². The van der Waals surface area contributed by atoms with Gasteiger partial charge in [-0.15, -0.1) is 0 Å². The molecular formula is C13H21F3N2O4S. The van der Waals surface area contributed by atoms with E-state index in [1.54, 1.807) is 20.8 Å². The molecule has 1 fully saturated rings. The quantitative estimate of drug-likeness (QED) is 0.710. The van der Waals surface area contributed by atoms with Crippen molar-refractivity contribution in [3.8, 4) is 0 Å². The molecule has 1 rings (SSSR count).